The Morgan fingerprint density at radius 3 is 2.57 bits per heavy atom. The van der Waals surface area contributed by atoms with Crippen molar-refractivity contribution in [2.24, 2.45) is 17.3 Å². The molecule has 0 radical (unpaired) electrons. The molecule has 2 fully saturated rings. The molecule has 1 aromatic rings. The van der Waals surface area contributed by atoms with Gasteiger partial charge in [0.15, 0.2) is 0 Å². The summed E-state index contributed by atoms with van der Waals surface area (Å²) in [6, 6.07) is 10.3. The average Bonchev–Trinajstić information content (AvgIpc) is 3.12. The summed E-state index contributed by atoms with van der Waals surface area (Å²) in [5.74, 6) is 0.310. The van der Waals surface area contributed by atoms with Gasteiger partial charge in [0.1, 0.15) is 0 Å². The van der Waals surface area contributed by atoms with Gasteiger partial charge in [0.2, 0.25) is 5.91 Å². The molecule has 0 bridgehead atoms. The molecule has 3 atom stereocenters. The minimum absolute atomic E-state index is 0.0378. The van der Waals surface area contributed by atoms with Gasteiger partial charge in [-0.25, -0.2) is 0 Å². The van der Waals surface area contributed by atoms with E-state index in [1.807, 2.05) is 32.0 Å². The highest BCUT2D eigenvalue weighted by molar-refractivity contribution is 5.81. The highest BCUT2D eigenvalue weighted by Gasteiger charge is 2.49. The maximum absolute atomic E-state index is 12.5. The van der Waals surface area contributed by atoms with Crippen LogP contribution >= 0.6 is 0 Å². The van der Waals surface area contributed by atoms with Crippen LogP contribution in [0.5, 0.6) is 0 Å². The van der Waals surface area contributed by atoms with Gasteiger partial charge in [0.05, 0.1) is 5.41 Å². The van der Waals surface area contributed by atoms with E-state index in [1.54, 1.807) is 4.90 Å². The lowest BCUT2D eigenvalue weighted by atomic mass is 9.76. The topological polar surface area (TPSA) is 57.6 Å². The van der Waals surface area contributed by atoms with Crippen molar-refractivity contribution in [3.63, 3.8) is 0 Å². The number of carbonyl (C=O) groups is 2. The van der Waals surface area contributed by atoms with E-state index in [0.29, 0.717) is 37.8 Å². The first-order chi connectivity index (χ1) is 10.9. The highest BCUT2D eigenvalue weighted by atomic mass is 16.4. The van der Waals surface area contributed by atoms with Crippen LogP contribution in [0.2, 0.25) is 0 Å². The highest BCUT2D eigenvalue weighted by Crippen LogP contribution is 2.50. The van der Waals surface area contributed by atoms with Gasteiger partial charge in [-0.1, -0.05) is 44.2 Å². The lowest BCUT2D eigenvalue weighted by molar-refractivity contribution is -0.151. The summed E-state index contributed by atoms with van der Waals surface area (Å²) in [6.45, 7) is 4.82. The summed E-state index contributed by atoms with van der Waals surface area (Å²) in [5, 5.41) is 9.58. The van der Waals surface area contributed by atoms with Crippen LogP contribution in [0.4, 0.5) is 0 Å². The van der Waals surface area contributed by atoms with E-state index in [-0.39, 0.29) is 11.8 Å². The fourth-order valence-electron chi connectivity index (χ4n) is 3.87. The molecule has 2 aliphatic rings. The first-order valence-electron chi connectivity index (χ1n) is 8.50. The Morgan fingerprint density at radius 2 is 2.00 bits per heavy atom. The van der Waals surface area contributed by atoms with Crippen LogP contribution in [-0.4, -0.2) is 35.0 Å². The third kappa shape index (κ3) is 2.99. The molecule has 0 spiro atoms. The molecule has 1 unspecified atom stereocenters. The Hall–Kier alpha value is -1.84. The molecule has 1 aliphatic carbocycles. The number of nitrogens with zero attached hydrogens (tertiary/aromatic N) is 1. The van der Waals surface area contributed by atoms with E-state index in [4.69, 9.17) is 0 Å². The predicted octanol–water partition coefficient (Wildman–Crippen LogP) is 3.14. The second kappa shape index (κ2) is 5.99. The first kappa shape index (κ1) is 16.0. The van der Waals surface area contributed by atoms with Crippen molar-refractivity contribution < 1.29 is 14.7 Å². The lowest BCUT2D eigenvalue weighted by Crippen LogP contribution is -2.40. The van der Waals surface area contributed by atoms with E-state index in [9.17, 15) is 14.7 Å². The monoisotopic (exact) mass is 315 g/mol. The van der Waals surface area contributed by atoms with Crippen molar-refractivity contribution in [3.05, 3.63) is 35.9 Å². The molecule has 0 aromatic heterocycles. The average molecular weight is 315 g/mol. The minimum atomic E-state index is -0.767. The van der Waals surface area contributed by atoms with Gasteiger partial charge in [-0.3, -0.25) is 9.59 Å². The number of hydrogen-bond acceptors (Lipinski definition) is 2. The molecular formula is C19H25NO3. The number of rotatable bonds is 5. The molecule has 4 heteroatoms. The number of likely N-dealkylation sites (tertiary alicyclic amines) is 1. The van der Waals surface area contributed by atoms with Gasteiger partial charge in [0.25, 0.3) is 0 Å². The molecule has 1 aromatic carbocycles. The van der Waals surface area contributed by atoms with Crippen LogP contribution in [0.25, 0.3) is 0 Å². The minimum Gasteiger partial charge on any atom is -0.481 e. The Balaban J connectivity index is 1.58. The van der Waals surface area contributed by atoms with Crippen molar-refractivity contribution >= 4 is 11.9 Å². The van der Waals surface area contributed by atoms with Gasteiger partial charge in [0, 0.05) is 19.5 Å². The molecule has 1 saturated carbocycles. The maximum atomic E-state index is 12.5. The van der Waals surface area contributed by atoms with Crippen LogP contribution in [-0.2, 0) is 9.59 Å². The molecule has 1 amide bonds. The molecular weight excluding hydrogens is 290 g/mol. The SMILES string of the molecule is CC(C)C1(C(=O)O)CCN(C(=O)C[C@@H]2C[C@H]2c2ccccc2)C1. The number of hydrogen-bond donors (Lipinski definition) is 1. The number of carboxylic acids is 1. The Morgan fingerprint density at radius 1 is 1.30 bits per heavy atom. The van der Waals surface area contributed by atoms with E-state index in [2.05, 4.69) is 12.1 Å². The molecule has 3 rings (SSSR count). The number of carbonyl (C=O) groups excluding carboxylic acids is 1. The predicted molar refractivity (Wildman–Crippen MR) is 88.0 cm³/mol. The number of benzene rings is 1. The number of carboxylic acid groups (broad SMARTS) is 1. The molecule has 1 aliphatic heterocycles. The zero-order valence-corrected chi connectivity index (χ0v) is 13.9. The van der Waals surface area contributed by atoms with Gasteiger partial charge in [-0.05, 0) is 36.2 Å². The fraction of sp³-hybridized carbons (Fsp3) is 0.579. The van der Waals surface area contributed by atoms with Crippen molar-refractivity contribution in [2.45, 2.75) is 39.0 Å². The smallest absolute Gasteiger partial charge is 0.311 e. The standard InChI is InChI=1S/C19H25NO3/c1-13(2)19(18(22)23)8-9-20(12-19)17(21)11-15-10-16(15)14-6-4-3-5-7-14/h3-7,13,15-16H,8-12H2,1-2H3,(H,22,23)/t15-,16-,19?/m0/s1. The van der Waals surface area contributed by atoms with Gasteiger partial charge >= 0.3 is 5.97 Å². The third-order valence-electron chi connectivity index (χ3n) is 5.77. The van der Waals surface area contributed by atoms with Gasteiger partial charge in [-0.15, -0.1) is 0 Å². The first-order valence-corrected chi connectivity index (χ1v) is 8.50. The van der Waals surface area contributed by atoms with Crippen LogP contribution in [0.1, 0.15) is 44.6 Å². The zero-order valence-electron chi connectivity index (χ0n) is 13.9. The van der Waals surface area contributed by atoms with Gasteiger partial charge < -0.3 is 10.0 Å². The molecule has 1 heterocycles. The summed E-state index contributed by atoms with van der Waals surface area (Å²) in [5.41, 5.74) is 0.548. The van der Waals surface area contributed by atoms with Crippen LogP contribution in [0.3, 0.4) is 0 Å². The summed E-state index contributed by atoms with van der Waals surface area (Å²) in [6.07, 6.45) is 2.18. The largest absolute Gasteiger partial charge is 0.481 e. The Labute approximate surface area is 137 Å². The molecule has 124 valence electrons. The quantitative estimate of drug-likeness (QED) is 0.908. The van der Waals surface area contributed by atoms with E-state index < -0.39 is 11.4 Å². The second-order valence-corrected chi connectivity index (χ2v) is 7.40. The second-order valence-electron chi connectivity index (χ2n) is 7.40. The van der Waals surface area contributed by atoms with Crippen molar-refractivity contribution in [3.8, 4) is 0 Å². The Kier molecular flexibility index (Phi) is 4.17. The fourth-order valence-corrected chi connectivity index (χ4v) is 3.87. The molecule has 23 heavy (non-hydrogen) atoms. The third-order valence-corrected chi connectivity index (χ3v) is 5.77. The van der Waals surface area contributed by atoms with E-state index in [1.165, 1.54) is 5.56 Å². The Bertz CT molecular complexity index is 598. The summed E-state index contributed by atoms with van der Waals surface area (Å²) in [7, 11) is 0. The summed E-state index contributed by atoms with van der Waals surface area (Å²) >= 11 is 0. The van der Waals surface area contributed by atoms with E-state index in [0.717, 1.165) is 6.42 Å². The lowest BCUT2D eigenvalue weighted by Gasteiger charge is -2.28. The number of amides is 1. The van der Waals surface area contributed by atoms with Crippen LogP contribution in [0.15, 0.2) is 30.3 Å². The van der Waals surface area contributed by atoms with Crippen LogP contribution < -0.4 is 0 Å². The van der Waals surface area contributed by atoms with Crippen LogP contribution in [0, 0.1) is 17.3 Å². The van der Waals surface area contributed by atoms with Crippen molar-refractivity contribution in [1.29, 1.82) is 0 Å². The molecule has 1 saturated heterocycles. The number of aliphatic carboxylic acids is 1. The van der Waals surface area contributed by atoms with E-state index >= 15 is 0 Å². The van der Waals surface area contributed by atoms with Crippen molar-refractivity contribution in [1.82, 2.24) is 4.90 Å². The van der Waals surface area contributed by atoms with Gasteiger partial charge in [-0.2, -0.15) is 0 Å². The van der Waals surface area contributed by atoms with Crippen molar-refractivity contribution in [2.75, 3.05) is 13.1 Å². The zero-order chi connectivity index (χ0) is 16.6. The summed E-state index contributed by atoms with van der Waals surface area (Å²) < 4.78 is 0. The molecule has 1 N–H and O–H groups in total. The maximum Gasteiger partial charge on any atom is 0.311 e. The summed E-state index contributed by atoms with van der Waals surface area (Å²) in [4.78, 5) is 26.0. The molecule has 4 nitrogen and oxygen atoms in total. The normalized spacial score (nSPS) is 29.8.